The Morgan fingerprint density at radius 1 is 1.30 bits per heavy atom. The highest BCUT2D eigenvalue weighted by atomic mass is 19.1. The van der Waals surface area contributed by atoms with Gasteiger partial charge in [0.25, 0.3) is 5.91 Å². The molecule has 0 saturated carbocycles. The number of likely N-dealkylation sites (N-methyl/N-ethyl adjacent to an activating group) is 1. The van der Waals surface area contributed by atoms with Gasteiger partial charge < -0.3 is 10.2 Å². The van der Waals surface area contributed by atoms with E-state index in [-0.39, 0.29) is 23.8 Å². The zero-order valence-corrected chi connectivity index (χ0v) is 14.0. The third kappa shape index (κ3) is 4.39. The van der Waals surface area contributed by atoms with Crippen LogP contribution in [0.25, 0.3) is 0 Å². The van der Waals surface area contributed by atoms with Gasteiger partial charge in [-0.2, -0.15) is 5.10 Å². The number of nitrogens with zero attached hydrogens (tertiary/aromatic N) is 3. The van der Waals surface area contributed by atoms with Crippen molar-refractivity contribution in [2.45, 2.75) is 25.9 Å². The Balaban J connectivity index is 2.03. The second kappa shape index (κ2) is 7.37. The van der Waals surface area contributed by atoms with Crippen LogP contribution in [0.5, 0.6) is 0 Å². The number of carbonyl (C=O) groups is 1. The first-order chi connectivity index (χ1) is 10.9. The lowest BCUT2D eigenvalue weighted by Crippen LogP contribution is -2.34. The van der Waals surface area contributed by atoms with Crippen LogP contribution < -0.4 is 5.32 Å². The zero-order chi connectivity index (χ0) is 17.0. The van der Waals surface area contributed by atoms with Gasteiger partial charge in [0.2, 0.25) is 0 Å². The van der Waals surface area contributed by atoms with Crippen molar-refractivity contribution in [3.05, 3.63) is 53.6 Å². The molecule has 0 aliphatic rings. The van der Waals surface area contributed by atoms with Crippen LogP contribution in [0, 0.1) is 5.82 Å². The summed E-state index contributed by atoms with van der Waals surface area (Å²) in [7, 11) is 3.86. The highest BCUT2D eigenvalue weighted by Gasteiger charge is 2.17. The van der Waals surface area contributed by atoms with Gasteiger partial charge in [0.15, 0.2) is 0 Å². The van der Waals surface area contributed by atoms with Gasteiger partial charge in [-0.15, -0.1) is 0 Å². The van der Waals surface area contributed by atoms with Gasteiger partial charge in [0.05, 0.1) is 17.8 Å². The molecule has 0 aliphatic carbocycles. The molecule has 0 fully saturated rings. The van der Waals surface area contributed by atoms with Crippen LogP contribution in [-0.2, 0) is 0 Å². The minimum absolute atomic E-state index is 0.0281. The van der Waals surface area contributed by atoms with Crippen molar-refractivity contribution < 1.29 is 9.18 Å². The molecule has 0 bridgehead atoms. The molecule has 2 rings (SSSR count). The topological polar surface area (TPSA) is 50.2 Å². The van der Waals surface area contributed by atoms with E-state index < -0.39 is 0 Å². The van der Waals surface area contributed by atoms with E-state index in [1.807, 2.05) is 32.8 Å². The summed E-state index contributed by atoms with van der Waals surface area (Å²) in [6.45, 7) is 4.45. The van der Waals surface area contributed by atoms with Crippen LogP contribution in [0.15, 0.2) is 36.7 Å². The highest BCUT2D eigenvalue weighted by Crippen LogP contribution is 2.18. The van der Waals surface area contributed by atoms with Crippen molar-refractivity contribution in [1.29, 1.82) is 0 Å². The number of benzene rings is 1. The third-order valence-electron chi connectivity index (χ3n) is 3.73. The van der Waals surface area contributed by atoms with Gasteiger partial charge in [-0.1, -0.05) is 12.1 Å². The number of carbonyl (C=O) groups excluding carboxylic acids is 1. The van der Waals surface area contributed by atoms with Crippen LogP contribution >= 0.6 is 0 Å². The second-order valence-electron chi connectivity index (χ2n) is 6.04. The van der Waals surface area contributed by atoms with E-state index in [9.17, 15) is 9.18 Å². The number of nitrogens with one attached hydrogen (secondary N) is 1. The fourth-order valence-electron chi connectivity index (χ4n) is 2.31. The molecule has 1 aromatic carbocycles. The predicted molar refractivity (Wildman–Crippen MR) is 87.8 cm³/mol. The maximum absolute atomic E-state index is 13.1. The molecule has 0 aliphatic heterocycles. The molecular formula is C17H23FN4O. The Morgan fingerprint density at radius 2 is 1.96 bits per heavy atom. The number of hydrogen-bond acceptors (Lipinski definition) is 3. The molecule has 1 N–H and O–H groups in total. The van der Waals surface area contributed by atoms with Crippen LogP contribution in [0.4, 0.5) is 4.39 Å². The molecule has 1 atom stereocenters. The summed E-state index contributed by atoms with van der Waals surface area (Å²) >= 11 is 0. The van der Waals surface area contributed by atoms with Gasteiger partial charge in [0, 0.05) is 18.8 Å². The smallest absolute Gasteiger partial charge is 0.254 e. The van der Waals surface area contributed by atoms with E-state index in [1.165, 1.54) is 12.1 Å². The first-order valence-corrected chi connectivity index (χ1v) is 7.62. The maximum atomic E-state index is 13.1. The van der Waals surface area contributed by atoms with Crippen LogP contribution in [-0.4, -0.2) is 41.2 Å². The molecule has 0 radical (unpaired) electrons. The van der Waals surface area contributed by atoms with Crippen LogP contribution in [0.3, 0.4) is 0 Å². The molecule has 5 nitrogen and oxygen atoms in total. The largest absolute Gasteiger partial charge is 0.350 e. The monoisotopic (exact) mass is 318 g/mol. The number of hydrogen-bond donors (Lipinski definition) is 1. The predicted octanol–water partition coefficient (Wildman–Crippen LogP) is 2.64. The van der Waals surface area contributed by atoms with Crippen molar-refractivity contribution in [2.75, 3.05) is 20.6 Å². The molecule has 0 saturated heterocycles. The summed E-state index contributed by atoms with van der Waals surface area (Å²) in [4.78, 5) is 14.2. The molecule has 2 aromatic rings. The Hall–Kier alpha value is -2.21. The van der Waals surface area contributed by atoms with Gasteiger partial charge in [0.1, 0.15) is 5.82 Å². The summed E-state index contributed by atoms with van der Waals surface area (Å²) in [6.07, 6.45) is 3.31. The average Bonchev–Trinajstić information content (AvgIpc) is 2.99. The average molecular weight is 318 g/mol. The first-order valence-electron chi connectivity index (χ1n) is 7.62. The molecule has 23 heavy (non-hydrogen) atoms. The third-order valence-corrected chi connectivity index (χ3v) is 3.73. The molecule has 6 heteroatoms. The van der Waals surface area contributed by atoms with E-state index in [0.29, 0.717) is 12.1 Å². The van der Waals surface area contributed by atoms with Gasteiger partial charge in [-0.25, -0.2) is 4.39 Å². The molecule has 1 heterocycles. The van der Waals surface area contributed by atoms with E-state index in [4.69, 9.17) is 0 Å². The van der Waals surface area contributed by atoms with Crippen molar-refractivity contribution in [1.82, 2.24) is 20.0 Å². The number of aromatic nitrogens is 2. The fraction of sp³-hybridized carbons (Fsp3) is 0.412. The van der Waals surface area contributed by atoms with Gasteiger partial charge >= 0.3 is 0 Å². The van der Waals surface area contributed by atoms with Gasteiger partial charge in [-0.3, -0.25) is 9.48 Å². The highest BCUT2D eigenvalue weighted by molar-refractivity contribution is 5.93. The molecular weight excluding hydrogens is 295 g/mol. The lowest BCUT2D eigenvalue weighted by molar-refractivity contribution is 0.0942. The number of halogens is 1. The Labute approximate surface area is 136 Å². The standard InChI is InChI=1S/C17H23FN4O/c1-12(2)22-11-14(9-20-22)17(23)19-10-16(21(3)4)13-5-7-15(18)8-6-13/h5-9,11-12,16H,10H2,1-4H3,(H,19,23)/t16-/m0/s1. The summed E-state index contributed by atoms with van der Waals surface area (Å²) in [6, 6.07) is 6.52. The molecule has 124 valence electrons. The maximum Gasteiger partial charge on any atom is 0.254 e. The van der Waals surface area contributed by atoms with Crippen molar-refractivity contribution >= 4 is 5.91 Å². The first kappa shape index (κ1) is 17.1. The summed E-state index contributed by atoms with van der Waals surface area (Å²) < 4.78 is 14.8. The minimum Gasteiger partial charge on any atom is -0.350 e. The SMILES string of the molecule is CC(C)n1cc(C(=O)NC[C@@H](c2ccc(F)cc2)N(C)C)cn1. The fourth-order valence-corrected chi connectivity index (χ4v) is 2.31. The summed E-state index contributed by atoms with van der Waals surface area (Å²) in [5, 5.41) is 7.09. The Bertz CT molecular complexity index is 649. The Kier molecular flexibility index (Phi) is 5.50. The quantitative estimate of drug-likeness (QED) is 0.891. The lowest BCUT2D eigenvalue weighted by Gasteiger charge is -2.25. The molecule has 1 amide bonds. The number of amides is 1. The summed E-state index contributed by atoms with van der Waals surface area (Å²) in [5.41, 5.74) is 1.49. The second-order valence-corrected chi connectivity index (χ2v) is 6.04. The van der Waals surface area contributed by atoms with E-state index in [1.54, 1.807) is 29.2 Å². The van der Waals surface area contributed by atoms with Crippen LogP contribution in [0.2, 0.25) is 0 Å². The molecule has 0 unspecified atom stereocenters. The molecule has 0 spiro atoms. The Morgan fingerprint density at radius 3 is 2.48 bits per heavy atom. The molecule has 1 aromatic heterocycles. The lowest BCUT2D eigenvalue weighted by atomic mass is 10.1. The minimum atomic E-state index is -0.267. The van der Waals surface area contributed by atoms with Crippen molar-refractivity contribution in [3.63, 3.8) is 0 Å². The normalized spacial score (nSPS) is 12.7. The van der Waals surface area contributed by atoms with Crippen molar-refractivity contribution in [3.8, 4) is 0 Å². The number of rotatable bonds is 6. The van der Waals surface area contributed by atoms with E-state index in [0.717, 1.165) is 5.56 Å². The van der Waals surface area contributed by atoms with Crippen molar-refractivity contribution in [2.24, 2.45) is 0 Å². The summed E-state index contributed by atoms with van der Waals surface area (Å²) in [5.74, 6) is -0.428. The van der Waals surface area contributed by atoms with Gasteiger partial charge in [-0.05, 0) is 45.6 Å². The zero-order valence-electron chi connectivity index (χ0n) is 14.0. The van der Waals surface area contributed by atoms with Crippen LogP contribution in [0.1, 0.15) is 41.9 Å². The van der Waals surface area contributed by atoms with E-state index >= 15 is 0 Å². The van der Waals surface area contributed by atoms with E-state index in [2.05, 4.69) is 10.4 Å².